The van der Waals surface area contributed by atoms with Crippen LogP contribution in [-0.2, 0) is 13.3 Å². The number of rotatable bonds is 8. The third-order valence-electron chi connectivity index (χ3n) is 2.08. The largest absolute Gasteiger partial charge is 0.500 e. The second kappa shape index (κ2) is 7.50. The summed E-state index contributed by atoms with van der Waals surface area (Å²) in [5.74, 6) is 0. The molecule has 3 nitrogen and oxygen atoms in total. The van der Waals surface area contributed by atoms with Crippen molar-refractivity contribution in [2.45, 2.75) is 32.2 Å². The number of hydrogen-bond acceptors (Lipinski definition) is 3. The molecule has 0 saturated heterocycles. The topological polar surface area (TPSA) is 27.7 Å². The SMILES string of the molecule is CCC[CH]CC[Si](OC)(OC)OC. The Morgan fingerprint density at radius 3 is 1.92 bits per heavy atom. The third-order valence-corrected chi connectivity index (χ3v) is 4.85. The summed E-state index contributed by atoms with van der Waals surface area (Å²) in [7, 11) is 2.66. The van der Waals surface area contributed by atoms with Gasteiger partial charge in [-0.05, 0) is 12.8 Å². The van der Waals surface area contributed by atoms with Crippen LogP contribution in [0, 0.1) is 6.42 Å². The van der Waals surface area contributed by atoms with Crippen molar-refractivity contribution >= 4 is 8.80 Å². The molecular formula is C9H21O3Si. The van der Waals surface area contributed by atoms with Crippen molar-refractivity contribution in [3.05, 3.63) is 6.42 Å². The molecule has 0 bridgehead atoms. The van der Waals surface area contributed by atoms with Crippen LogP contribution >= 0.6 is 0 Å². The minimum absolute atomic E-state index is 0.872. The second-order valence-corrected chi connectivity index (χ2v) is 6.00. The molecule has 0 atom stereocenters. The molecule has 0 saturated carbocycles. The molecule has 0 aromatic heterocycles. The van der Waals surface area contributed by atoms with E-state index < -0.39 is 8.80 Å². The molecule has 0 spiro atoms. The van der Waals surface area contributed by atoms with Gasteiger partial charge in [0.2, 0.25) is 0 Å². The van der Waals surface area contributed by atoms with Gasteiger partial charge >= 0.3 is 8.80 Å². The lowest BCUT2D eigenvalue weighted by Gasteiger charge is -2.24. The highest BCUT2D eigenvalue weighted by molar-refractivity contribution is 6.60. The smallest absolute Gasteiger partial charge is 0.377 e. The molecule has 79 valence electrons. The summed E-state index contributed by atoms with van der Waals surface area (Å²) >= 11 is 0. The number of unbranched alkanes of at least 4 members (excludes halogenated alkanes) is 3. The van der Waals surface area contributed by atoms with Gasteiger partial charge in [0.05, 0.1) is 0 Å². The van der Waals surface area contributed by atoms with Crippen LogP contribution in [0.1, 0.15) is 26.2 Å². The summed E-state index contributed by atoms with van der Waals surface area (Å²) in [5.41, 5.74) is 0. The zero-order chi connectivity index (χ0) is 10.2. The summed E-state index contributed by atoms with van der Waals surface area (Å²) in [6.07, 6.45) is 5.62. The molecule has 0 heterocycles. The van der Waals surface area contributed by atoms with Crippen molar-refractivity contribution in [1.29, 1.82) is 0 Å². The van der Waals surface area contributed by atoms with Crippen LogP contribution in [0.15, 0.2) is 0 Å². The zero-order valence-electron chi connectivity index (χ0n) is 9.13. The maximum Gasteiger partial charge on any atom is 0.500 e. The van der Waals surface area contributed by atoms with E-state index in [0.29, 0.717) is 0 Å². The number of hydrogen-bond donors (Lipinski definition) is 0. The normalized spacial score (nSPS) is 12.0. The molecule has 13 heavy (non-hydrogen) atoms. The van der Waals surface area contributed by atoms with E-state index in [4.69, 9.17) is 13.3 Å². The van der Waals surface area contributed by atoms with Crippen LogP contribution in [-0.4, -0.2) is 30.1 Å². The van der Waals surface area contributed by atoms with Gasteiger partial charge in [0.25, 0.3) is 0 Å². The van der Waals surface area contributed by atoms with Crippen molar-refractivity contribution in [2.75, 3.05) is 21.3 Å². The monoisotopic (exact) mass is 205 g/mol. The molecule has 0 aromatic carbocycles. The van der Waals surface area contributed by atoms with Gasteiger partial charge in [-0.2, -0.15) is 0 Å². The molecule has 0 amide bonds. The first-order valence-electron chi connectivity index (χ1n) is 4.71. The Balaban J connectivity index is 3.68. The lowest BCUT2D eigenvalue weighted by molar-refractivity contribution is 0.123. The minimum Gasteiger partial charge on any atom is -0.377 e. The molecule has 0 rings (SSSR count). The summed E-state index contributed by atoms with van der Waals surface area (Å²) in [6.45, 7) is 2.17. The Bertz CT molecular complexity index is 107. The van der Waals surface area contributed by atoms with Gasteiger partial charge in [-0.1, -0.05) is 19.8 Å². The van der Waals surface area contributed by atoms with Crippen LogP contribution in [0.5, 0.6) is 0 Å². The van der Waals surface area contributed by atoms with E-state index in [0.717, 1.165) is 18.9 Å². The van der Waals surface area contributed by atoms with Gasteiger partial charge in [0.1, 0.15) is 0 Å². The summed E-state index contributed by atoms with van der Waals surface area (Å²) in [5, 5.41) is 0. The minimum atomic E-state index is -2.30. The first kappa shape index (κ1) is 13.1. The fraction of sp³-hybridized carbons (Fsp3) is 0.889. The maximum atomic E-state index is 5.29. The third kappa shape index (κ3) is 4.76. The maximum absolute atomic E-state index is 5.29. The quantitative estimate of drug-likeness (QED) is 0.449. The molecule has 0 fully saturated rings. The van der Waals surface area contributed by atoms with Crippen LogP contribution in [0.4, 0.5) is 0 Å². The van der Waals surface area contributed by atoms with Gasteiger partial charge < -0.3 is 13.3 Å². The first-order valence-corrected chi connectivity index (χ1v) is 6.65. The predicted molar refractivity (Wildman–Crippen MR) is 55.4 cm³/mol. The summed E-state index contributed by atoms with van der Waals surface area (Å²) < 4.78 is 15.9. The Morgan fingerprint density at radius 2 is 1.54 bits per heavy atom. The van der Waals surface area contributed by atoms with E-state index in [-0.39, 0.29) is 0 Å². The van der Waals surface area contributed by atoms with Gasteiger partial charge in [-0.25, -0.2) is 0 Å². The van der Waals surface area contributed by atoms with Gasteiger partial charge in [-0.15, -0.1) is 0 Å². The van der Waals surface area contributed by atoms with Crippen molar-refractivity contribution in [3.8, 4) is 0 Å². The highest BCUT2D eigenvalue weighted by Crippen LogP contribution is 2.16. The molecule has 4 heteroatoms. The molecule has 0 aliphatic heterocycles. The summed E-state index contributed by atoms with van der Waals surface area (Å²) in [4.78, 5) is 0. The molecule has 0 unspecified atom stereocenters. The first-order chi connectivity index (χ1) is 6.24. The fourth-order valence-electron chi connectivity index (χ4n) is 1.18. The fourth-order valence-corrected chi connectivity index (χ4v) is 2.85. The Labute approximate surface area is 82.8 Å². The van der Waals surface area contributed by atoms with Crippen LogP contribution in [0.2, 0.25) is 6.04 Å². The zero-order valence-corrected chi connectivity index (χ0v) is 10.1. The Hall–Kier alpha value is 0.0969. The van der Waals surface area contributed by atoms with Crippen molar-refractivity contribution < 1.29 is 13.3 Å². The molecule has 0 N–H and O–H groups in total. The summed E-state index contributed by atoms with van der Waals surface area (Å²) in [6, 6.07) is 0.872. The van der Waals surface area contributed by atoms with Crippen LogP contribution < -0.4 is 0 Å². The van der Waals surface area contributed by atoms with Crippen LogP contribution in [0.3, 0.4) is 0 Å². The highest BCUT2D eigenvalue weighted by atomic mass is 28.4. The van der Waals surface area contributed by atoms with E-state index in [2.05, 4.69) is 13.3 Å². The highest BCUT2D eigenvalue weighted by Gasteiger charge is 2.36. The van der Waals surface area contributed by atoms with E-state index in [9.17, 15) is 0 Å². The lowest BCUT2D eigenvalue weighted by atomic mass is 10.2. The van der Waals surface area contributed by atoms with Crippen molar-refractivity contribution in [3.63, 3.8) is 0 Å². The van der Waals surface area contributed by atoms with E-state index in [1.807, 2.05) is 0 Å². The van der Waals surface area contributed by atoms with E-state index in [1.165, 1.54) is 6.42 Å². The molecule has 0 aliphatic rings. The molecular weight excluding hydrogens is 184 g/mol. The lowest BCUT2D eigenvalue weighted by Crippen LogP contribution is -2.42. The van der Waals surface area contributed by atoms with Crippen molar-refractivity contribution in [1.82, 2.24) is 0 Å². The van der Waals surface area contributed by atoms with Gasteiger partial charge in [-0.3, -0.25) is 0 Å². The van der Waals surface area contributed by atoms with Crippen LogP contribution in [0.25, 0.3) is 0 Å². The Morgan fingerprint density at radius 1 is 1.00 bits per heavy atom. The van der Waals surface area contributed by atoms with E-state index in [1.54, 1.807) is 21.3 Å². The average molecular weight is 205 g/mol. The molecule has 0 aliphatic carbocycles. The second-order valence-electron chi connectivity index (χ2n) is 2.91. The predicted octanol–water partition coefficient (Wildman–Crippen LogP) is 2.26. The van der Waals surface area contributed by atoms with E-state index >= 15 is 0 Å². The Kier molecular flexibility index (Phi) is 7.55. The molecule has 0 aromatic rings. The van der Waals surface area contributed by atoms with Crippen molar-refractivity contribution in [2.24, 2.45) is 0 Å². The average Bonchev–Trinajstić information content (AvgIpc) is 2.20. The molecule has 1 radical (unpaired) electrons. The standard InChI is InChI=1S/C9H21O3Si/c1-5-6-7-8-9-13(10-2,11-3)12-4/h7H,5-6,8-9H2,1-4H3. The van der Waals surface area contributed by atoms with Gasteiger partial charge in [0, 0.05) is 27.4 Å². The van der Waals surface area contributed by atoms with Gasteiger partial charge in [0.15, 0.2) is 0 Å².